The summed E-state index contributed by atoms with van der Waals surface area (Å²) in [5.41, 5.74) is 1.22. The van der Waals surface area contributed by atoms with Crippen molar-refractivity contribution in [3.63, 3.8) is 0 Å². The lowest BCUT2D eigenvalue weighted by atomic mass is 9.89. The predicted octanol–water partition coefficient (Wildman–Crippen LogP) is 4.32. The molecular weight excluding hydrogens is 234 g/mol. The molecule has 2 heteroatoms. The molecule has 1 N–H and O–H groups in total. The molecule has 2 aliphatic carbocycles. The first-order valence-electron chi connectivity index (χ1n) is 7.71. The third kappa shape index (κ3) is 3.05. The van der Waals surface area contributed by atoms with E-state index in [-0.39, 0.29) is 6.10 Å². The van der Waals surface area contributed by atoms with E-state index in [2.05, 4.69) is 43.4 Å². The number of nitrogens with one attached hydrogen (secondary N) is 1. The van der Waals surface area contributed by atoms with Crippen LogP contribution in [0.25, 0.3) is 0 Å². The highest BCUT2D eigenvalue weighted by molar-refractivity contribution is 5.46. The topological polar surface area (TPSA) is 21.3 Å². The summed E-state index contributed by atoms with van der Waals surface area (Å²) in [5.74, 6) is 3.91. The minimum Gasteiger partial charge on any atom is -0.491 e. The fourth-order valence-electron chi connectivity index (χ4n) is 3.80. The Morgan fingerprint density at radius 1 is 1.16 bits per heavy atom. The summed E-state index contributed by atoms with van der Waals surface area (Å²) in [7, 11) is 0. The number of fused-ring (bicyclic) bond motifs is 2. The number of hydrogen-bond acceptors (Lipinski definition) is 2. The molecule has 0 amide bonds. The van der Waals surface area contributed by atoms with Crippen molar-refractivity contribution < 1.29 is 4.74 Å². The van der Waals surface area contributed by atoms with E-state index in [1.165, 1.54) is 31.4 Å². The molecule has 19 heavy (non-hydrogen) atoms. The van der Waals surface area contributed by atoms with Gasteiger partial charge in [0.1, 0.15) is 5.75 Å². The minimum atomic E-state index is 0.243. The molecule has 0 aromatic heterocycles. The van der Waals surface area contributed by atoms with E-state index in [1.807, 2.05) is 0 Å². The van der Waals surface area contributed by atoms with E-state index in [1.54, 1.807) is 0 Å². The molecule has 3 unspecified atom stereocenters. The van der Waals surface area contributed by atoms with Crippen LogP contribution >= 0.6 is 0 Å². The van der Waals surface area contributed by atoms with Crippen molar-refractivity contribution in [3.8, 4) is 5.75 Å². The fraction of sp³-hybridized carbons (Fsp3) is 0.647. The monoisotopic (exact) mass is 259 g/mol. The van der Waals surface area contributed by atoms with Gasteiger partial charge in [-0.15, -0.1) is 0 Å². The molecule has 1 aromatic rings. The van der Waals surface area contributed by atoms with Gasteiger partial charge >= 0.3 is 0 Å². The van der Waals surface area contributed by atoms with Crippen LogP contribution in [0.3, 0.4) is 0 Å². The van der Waals surface area contributed by atoms with E-state index in [4.69, 9.17) is 4.74 Å². The number of hydrogen-bond donors (Lipinski definition) is 1. The van der Waals surface area contributed by atoms with Crippen LogP contribution in [-0.2, 0) is 0 Å². The molecule has 2 aliphatic rings. The van der Waals surface area contributed by atoms with Gasteiger partial charge in [-0.3, -0.25) is 0 Å². The predicted molar refractivity (Wildman–Crippen MR) is 79.6 cm³/mol. The molecule has 104 valence electrons. The van der Waals surface area contributed by atoms with Crippen molar-refractivity contribution in [2.75, 3.05) is 11.9 Å². The molecule has 0 radical (unpaired) electrons. The van der Waals surface area contributed by atoms with Crippen LogP contribution in [0.1, 0.15) is 39.5 Å². The number of benzene rings is 1. The molecular formula is C17H25NO. The summed E-state index contributed by atoms with van der Waals surface area (Å²) < 4.78 is 5.66. The maximum Gasteiger partial charge on any atom is 0.119 e. The van der Waals surface area contributed by atoms with Gasteiger partial charge in [-0.25, -0.2) is 0 Å². The lowest BCUT2D eigenvalue weighted by molar-refractivity contribution is 0.242. The molecule has 3 atom stereocenters. The maximum absolute atomic E-state index is 5.66. The molecule has 0 aliphatic heterocycles. The van der Waals surface area contributed by atoms with E-state index in [9.17, 15) is 0 Å². The van der Waals surface area contributed by atoms with Crippen molar-refractivity contribution in [2.45, 2.75) is 45.6 Å². The molecule has 0 saturated heterocycles. The second-order valence-corrected chi connectivity index (χ2v) is 6.51. The highest BCUT2D eigenvalue weighted by atomic mass is 16.5. The summed E-state index contributed by atoms with van der Waals surface area (Å²) in [4.78, 5) is 0. The van der Waals surface area contributed by atoms with Crippen LogP contribution in [0.15, 0.2) is 24.3 Å². The Balaban J connectivity index is 1.50. The zero-order valence-corrected chi connectivity index (χ0v) is 12.1. The van der Waals surface area contributed by atoms with Gasteiger partial charge in [0, 0.05) is 12.2 Å². The Morgan fingerprint density at radius 2 is 1.95 bits per heavy atom. The SMILES string of the molecule is CC(C)Oc1ccc(NCC2CC3CCC2C3)cc1. The molecule has 0 spiro atoms. The van der Waals surface area contributed by atoms with Gasteiger partial charge in [-0.1, -0.05) is 6.42 Å². The normalized spacial score (nSPS) is 28.9. The summed E-state index contributed by atoms with van der Waals surface area (Å²) >= 11 is 0. The zero-order valence-electron chi connectivity index (χ0n) is 12.1. The van der Waals surface area contributed by atoms with Gasteiger partial charge in [-0.05, 0) is 75.1 Å². The number of rotatable bonds is 5. The van der Waals surface area contributed by atoms with Crippen LogP contribution < -0.4 is 10.1 Å². The van der Waals surface area contributed by atoms with Crippen LogP contribution in [0, 0.1) is 17.8 Å². The second kappa shape index (κ2) is 5.44. The van der Waals surface area contributed by atoms with Crippen molar-refractivity contribution in [3.05, 3.63) is 24.3 Å². The Kier molecular flexibility index (Phi) is 3.67. The minimum absolute atomic E-state index is 0.243. The first-order chi connectivity index (χ1) is 9.20. The third-order valence-corrected chi connectivity index (χ3v) is 4.68. The molecule has 0 heterocycles. The van der Waals surface area contributed by atoms with Crippen LogP contribution in [-0.4, -0.2) is 12.6 Å². The van der Waals surface area contributed by atoms with Crippen molar-refractivity contribution in [2.24, 2.45) is 17.8 Å². The highest BCUT2D eigenvalue weighted by Gasteiger charge is 2.38. The fourth-order valence-corrected chi connectivity index (χ4v) is 3.80. The Hall–Kier alpha value is -1.18. The van der Waals surface area contributed by atoms with Gasteiger partial charge in [-0.2, -0.15) is 0 Å². The smallest absolute Gasteiger partial charge is 0.119 e. The van der Waals surface area contributed by atoms with E-state index < -0.39 is 0 Å². The van der Waals surface area contributed by atoms with Crippen LogP contribution in [0.5, 0.6) is 5.75 Å². The first kappa shape index (κ1) is 12.8. The number of ether oxygens (including phenoxy) is 1. The summed E-state index contributed by atoms with van der Waals surface area (Å²) in [5, 5.41) is 3.60. The van der Waals surface area contributed by atoms with E-state index in [0.717, 1.165) is 30.0 Å². The molecule has 2 saturated carbocycles. The maximum atomic E-state index is 5.66. The van der Waals surface area contributed by atoms with Gasteiger partial charge in [0.2, 0.25) is 0 Å². The standard InChI is InChI=1S/C17H25NO/c1-12(2)19-17-7-5-16(6-8-17)18-11-15-10-13-3-4-14(15)9-13/h5-8,12-15,18H,3-4,9-11H2,1-2H3. The van der Waals surface area contributed by atoms with Crippen molar-refractivity contribution in [1.29, 1.82) is 0 Å². The average Bonchev–Trinajstić information content (AvgIpc) is 2.99. The average molecular weight is 259 g/mol. The van der Waals surface area contributed by atoms with Crippen molar-refractivity contribution >= 4 is 5.69 Å². The van der Waals surface area contributed by atoms with Crippen LogP contribution in [0.2, 0.25) is 0 Å². The van der Waals surface area contributed by atoms with Gasteiger partial charge in [0.25, 0.3) is 0 Å². The Morgan fingerprint density at radius 3 is 2.53 bits per heavy atom. The molecule has 2 fully saturated rings. The quantitative estimate of drug-likeness (QED) is 0.850. The highest BCUT2D eigenvalue weighted by Crippen LogP contribution is 2.48. The van der Waals surface area contributed by atoms with Crippen molar-refractivity contribution in [1.82, 2.24) is 0 Å². The van der Waals surface area contributed by atoms with E-state index in [0.29, 0.717) is 0 Å². The molecule has 3 rings (SSSR count). The molecule has 2 bridgehead atoms. The van der Waals surface area contributed by atoms with Crippen LogP contribution in [0.4, 0.5) is 5.69 Å². The lowest BCUT2D eigenvalue weighted by Crippen LogP contribution is -2.20. The molecule has 1 aromatic carbocycles. The zero-order chi connectivity index (χ0) is 13.2. The third-order valence-electron chi connectivity index (χ3n) is 4.68. The largest absolute Gasteiger partial charge is 0.491 e. The lowest BCUT2D eigenvalue weighted by Gasteiger charge is -2.22. The van der Waals surface area contributed by atoms with Gasteiger partial charge in [0.05, 0.1) is 6.10 Å². The second-order valence-electron chi connectivity index (χ2n) is 6.51. The first-order valence-corrected chi connectivity index (χ1v) is 7.71. The van der Waals surface area contributed by atoms with Gasteiger partial charge in [0.15, 0.2) is 0 Å². The van der Waals surface area contributed by atoms with Gasteiger partial charge < -0.3 is 10.1 Å². The summed E-state index contributed by atoms with van der Waals surface area (Å²) in [6, 6.07) is 8.38. The Bertz CT molecular complexity index is 412. The molecule has 2 nitrogen and oxygen atoms in total. The number of anilines is 1. The van der Waals surface area contributed by atoms with E-state index >= 15 is 0 Å². The Labute approximate surface area is 116 Å². The summed E-state index contributed by atoms with van der Waals surface area (Å²) in [6.45, 7) is 5.26. The summed E-state index contributed by atoms with van der Waals surface area (Å²) in [6.07, 6.45) is 6.15.